The molecule has 3 nitrogen and oxygen atoms in total. The Morgan fingerprint density at radius 2 is 2.31 bits per heavy atom. The monoisotopic (exact) mass is 244 g/mol. The average molecular weight is 245 g/mol. The first-order valence-corrected chi connectivity index (χ1v) is 5.47. The minimum Gasteiger partial charge on any atom is -0.433 e. The highest BCUT2D eigenvalue weighted by molar-refractivity contribution is 9.10. The van der Waals surface area contributed by atoms with Crippen molar-refractivity contribution in [3.8, 4) is 0 Å². The van der Waals surface area contributed by atoms with Gasteiger partial charge in [-0.1, -0.05) is 12.8 Å². The second-order valence-electron chi connectivity index (χ2n) is 3.42. The van der Waals surface area contributed by atoms with Gasteiger partial charge in [0, 0.05) is 6.04 Å². The van der Waals surface area contributed by atoms with Gasteiger partial charge in [-0.05, 0) is 28.8 Å². The summed E-state index contributed by atoms with van der Waals surface area (Å²) in [6.07, 6.45) is 6.98. The van der Waals surface area contributed by atoms with Gasteiger partial charge in [0.2, 0.25) is 5.89 Å². The van der Waals surface area contributed by atoms with Crippen LogP contribution < -0.4 is 5.32 Å². The molecule has 2 rings (SSSR count). The van der Waals surface area contributed by atoms with Crippen LogP contribution in [0.3, 0.4) is 0 Å². The summed E-state index contributed by atoms with van der Waals surface area (Å²) in [6.45, 7) is 0.746. The third kappa shape index (κ3) is 2.54. The van der Waals surface area contributed by atoms with Crippen LogP contribution in [0.15, 0.2) is 15.3 Å². The van der Waals surface area contributed by atoms with Gasteiger partial charge in [0.15, 0.2) is 4.67 Å². The summed E-state index contributed by atoms with van der Waals surface area (Å²) in [6, 6.07) is 0.672. The molecule has 1 aliphatic carbocycles. The molecule has 0 saturated heterocycles. The Labute approximate surface area is 86.0 Å². The van der Waals surface area contributed by atoms with Crippen LogP contribution in [0.2, 0.25) is 0 Å². The quantitative estimate of drug-likeness (QED) is 0.888. The lowest BCUT2D eigenvalue weighted by Gasteiger charge is -2.08. The SMILES string of the molecule is Brc1cnc(CNC2CCCC2)o1. The van der Waals surface area contributed by atoms with E-state index in [9.17, 15) is 0 Å². The lowest BCUT2D eigenvalue weighted by atomic mass is 10.2. The normalized spacial score (nSPS) is 18.2. The summed E-state index contributed by atoms with van der Waals surface area (Å²) in [5.41, 5.74) is 0. The van der Waals surface area contributed by atoms with Crippen molar-refractivity contribution in [3.63, 3.8) is 0 Å². The van der Waals surface area contributed by atoms with E-state index >= 15 is 0 Å². The van der Waals surface area contributed by atoms with Crippen molar-refractivity contribution in [2.45, 2.75) is 38.3 Å². The summed E-state index contributed by atoms with van der Waals surface area (Å²) in [5.74, 6) is 0.763. The van der Waals surface area contributed by atoms with Crippen LogP contribution in [0.5, 0.6) is 0 Å². The lowest BCUT2D eigenvalue weighted by Crippen LogP contribution is -2.25. The van der Waals surface area contributed by atoms with Gasteiger partial charge in [-0.3, -0.25) is 0 Å². The van der Waals surface area contributed by atoms with Gasteiger partial charge in [0.1, 0.15) is 0 Å². The minimum absolute atomic E-state index is 0.672. The second kappa shape index (κ2) is 4.24. The van der Waals surface area contributed by atoms with Crippen LogP contribution in [0.25, 0.3) is 0 Å². The minimum atomic E-state index is 0.672. The van der Waals surface area contributed by atoms with E-state index in [2.05, 4.69) is 26.2 Å². The summed E-state index contributed by atoms with van der Waals surface area (Å²) in [4.78, 5) is 4.10. The Morgan fingerprint density at radius 1 is 1.54 bits per heavy atom. The number of nitrogens with one attached hydrogen (secondary N) is 1. The first-order valence-electron chi connectivity index (χ1n) is 4.68. The average Bonchev–Trinajstić information content (AvgIpc) is 2.71. The maximum absolute atomic E-state index is 5.29. The first-order chi connectivity index (χ1) is 6.34. The van der Waals surface area contributed by atoms with Gasteiger partial charge in [0.05, 0.1) is 12.7 Å². The molecule has 0 aliphatic heterocycles. The molecule has 0 aromatic carbocycles. The highest BCUT2D eigenvalue weighted by Gasteiger charge is 2.14. The number of nitrogens with zero attached hydrogens (tertiary/aromatic N) is 1. The van der Waals surface area contributed by atoms with Gasteiger partial charge in [-0.2, -0.15) is 0 Å². The van der Waals surface area contributed by atoms with Crippen molar-refractivity contribution >= 4 is 15.9 Å². The molecule has 0 amide bonds. The molecule has 0 spiro atoms. The zero-order valence-corrected chi connectivity index (χ0v) is 9.01. The summed E-state index contributed by atoms with van der Waals surface area (Å²) < 4.78 is 5.99. The molecule has 0 radical (unpaired) electrons. The molecular formula is C9H13BrN2O. The Morgan fingerprint density at radius 3 is 2.92 bits per heavy atom. The molecule has 13 heavy (non-hydrogen) atoms. The number of hydrogen-bond donors (Lipinski definition) is 1. The van der Waals surface area contributed by atoms with Gasteiger partial charge >= 0.3 is 0 Å². The Kier molecular flexibility index (Phi) is 3.01. The molecule has 0 bridgehead atoms. The maximum atomic E-state index is 5.29. The van der Waals surface area contributed by atoms with E-state index in [4.69, 9.17) is 4.42 Å². The molecule has 1 aliphatic rings. The van der Waals surface area contributed by atoms with E-state index in [1.165, 1.54) is 25.7 Å². The Hall–Kier alpha value is -0.350. The second-order valence-corrected chi connectivity index (χ2v) is 4.20. The van der Waals surface area contributed by atoms with Crippen molar-refractivity contribution in [1.29, 1.82) is 0 Å². The van der Waals surface area contributed by atoms with Crippen molar-refractivity contribution in [2.24, 2.45) is 0 Å². The van der Waals surface area contributed by atoms with Crippen LogP contribution in [0.4, 0.5) is 0 Å². The molecule has 1 N–H and O–H groups in total. The predicted octanol–water partition coefficient (Wildman–Crippen LogP) is 2.47. The molecule has 0 unspecified atom stereocenters. The van der Waals surface area contributed by atoms with E-state index < -0.39 is 0 Å². The van der Waals surface area contributed by atoms with Gasteiger partial charge in [-0.25, -0.2) is 4.98 Å². The molecule has 1 aromatic rings. The van der Waals surface area contributed by atoms with E-state index in [1.807, 2.05) is 0 Å². The summed E-state index contributed by atoms with van der Waals surface area (Å²) in [7, 11) is 0. The molecule has 72 valence electrons. The van der Waals surface area contributed by atoms with E-state index in [0.29, 0.717) is 10.7 Å². The summed E-state index contributed by atoms with van der Waals surface area (Å²) >= 11 is 3.23. The predicted molar refractivity (Wildman–Crippen MR) is 53.3 cm³/mol. The molecule has 4 heteroatoms. The number of oxazole rings is 1. The third-order valence-electron chi connectivity index (χ3n) is 2.42. The highest BCUT2D eigenvalue weighted by atomic mass is 79.9. The van der Waals surface area contributed by atoms with Crippen LogP contribution in [-0.2, 0) is 6.54 Å². The Bertz CT molecular complexity index is 268. The zero-order valence-electron chi connectivity index (χ0n) is 7.42. The number of hydrogen-bond acceptors (Lipinski definition) is 3. The molecular weight excluding hydrogens is 232 g/mol. The van der Waals surface area contributed by atoms with Gasteiger partial charge in [0.25, 0.3) is 0 Å². The van der Waals surface area contributed by atoms with Crippen molar-refractivity contribution in [2.75, 3.05) is 0 Å². The maximum Gasteiger partial charge on any atom is 0.209 e. The van der Waals surface area contributed by atoms with Crippen molar-refractivity contribution in [1.82, 2.24) is 10.3 Å². The molecule has 1 fully saturated rings. The van der Waals surface area contributed by atoms with Crippen LogP contribution in [-0.4, -0.2) is 11.0 Å². The smallest absolute Gasteiger partial charge is 0.209 e. The fraction of sp³-hybridized carbons (Fsp3) is 0.667. The fourth-order valence-electron chi connectivity index (χ4n) is 1.73. The van der Waals surface area contributed by atoms with E-state index in [-0.39, 0.29) is 0 Å². The van der Waals surface area contributed by atoms with Gasteiger partial charge in [-0.15, -0.1) is 0 Å². The van der Waals surface area contributed by atoms with E-state index in [0.717, 1.165) is 12.4 Å². The molecule has 1 saturated carbocycles. The number of aromatic nitrogens is 1. The fourth-order valence-corrected chi connectivity index (χ4v) is 2.02. The molecule has 0 atom stereocenters. The number of rotatable bonds is 3. The van der Waals surface area contributed by atoms with Crippen LogP contribution in [0.1, 0.15) is 31.6 Å². The highest BCUT2D eigenvalue weighted by Crippen LogP contribution is 2.18. The topological polar surface area (TPSA) is 38.1 Å². The van der Waals surface area contributed by atoms with Gasteiger partial charge < -0.3 is 9.73 Å². The first kappa shape index (κ1) is 9.21. The number of halogens is 1. The third-order valence-corrected chi connectivity index (χ3v) is 2.79. The lowest BCUT2D eigenvalue weighted by molar-refractivity contribution is 0.424. The summed E-state index contributed by atoms with van der Waals surface area (Å²) in [5, 5.41) is 3.43. The van der Waals surface area contributed by atoms with Crippen LogP contribution in [0, 0.1) is 0 Å². The largest absolute Gasteiger partial charge is 0.433 e. The zero-order chi connectivity index (χ0) is 9.10. The molecule has 1 heterocycles. The van der Waals surface area contributed by atoms with Crippen molar-refractivity contribution in [3.05, 3.63) is 16.8 Å². The Balaban J connectivity index is 1.78. The van der Waals surface area contributed by atoms with E-state index in [1.54, 1.807) is 6.20 Å². The van der Waals surface area contributed by atoms with Crippen LogP contribution >= 0.6 is 15.9 Å². The van der Waals surface area contributed by atoms with Crippen molar-refractivity contribution < 1.29 is 4.42 Å². The molecule has 1 aromatic heterocycles. The standard InChI is InChI=1S/C9H13BrN2O/c10-8-5-12-9(13-8)6-11-7-3-1-2-4-7/h5,7,11H,1-4,6H2.